The lowest BCUT2D eigenvalue weighted by Gasteiger charge is -2.06. The van der Waals surface area contributed by atoms with Gasteiger partial charge in [0.15, 0.2) is 0 Å². The summed E-state index contributed by atoms with van der Waals surface area (Å²) in [5.41, 5.74) is -0.317. The number of rotatable bonds is 3. The number of benzene rings is 1. The average molecular weight is 285 g/mol. The fourth-order valence-electron chi connectivity index (χ4n) is 1.26. The van der Waals surface area contributed by atoms with Crippen molar-refractivity contribution in [2.75, 3.05) is 0 Å². The summed E-state index contributed by atoms with van der Waals surface area (Å²) in [5, 5.41) is 11.3. The third-order valence-electron chi connectivity index (χ3n) is 2.04. The Balaban J connectivity index is 2.41. The van der Waals surface area contributed by atoms with Crippen molar-refractivity contribution < 1.29 is 9.66 Å². The summed E-state index contributed by atoms with van der Waals surface area (Å²) in [4.78, 5) is 14.0. The van der Waals surface area contributed by atoms with Crippen LogP contribution in [0.25, 0.3) is 0 Å². The molecule has 0 fully saturated rings. The largest absolute Gasteiger partial charge is 0.432 e. The van der Waals surface area contributed by atoms with Crippen molar-refractivity contribution in [2.24, 2.45) is 0 Å². The van der Waals surface area contributed by atoms with E-state index >= 15 is 0 Å². The summed E-state index contributed by atoms with van der Waals surface area (Å²) in [6.45, 7) is 0. The highest BCUT2D eigenvalue weighted by molar-refractivity contribution is 6.32. The van der Waals surface area contributed by atoms with Crippen LogP contribution >= 0.6 is 23.2 Å². The molecule has 2 rings (SSSR count). The normalized spacial score (nSPS) is 10.1. The predicted octanol–water partition coefficient (Wildman–Crippen LogP) is 4.09. The Morgan fingerprint density at radius 1 is 1.28 bits per heavy atom. The van der Waals surface area contributed by atoms with E-state index in [1.165, 1.54) is 12.3 Å². The molecule has 2 aromatic rings. The number of pyridine rings is 1. The minimum atomic E-state index is -0.620. The first-order chi connectivity index (χ1) is 8.58. The number of hydrogen-bond acceptors (Lipinski definition) is 4. The van der Waals surface area contributed by atoms with Gasteiger partial charge in [0.25, 0.3) is 5.88 Å². The molecule has 0 saturated heterocycles. The standard InChI is InChI=1S/C11H6Cl2N2O3/c12-7-5-9(15(16)17)11(14-6-7)18-10-4-2-1-3-8(10)13/h1-6H. The molecule has 0 atom stereocenters. The maximum atomic E-state index is 10.8. The maximum Gasteiger partial charge on any atom is 0.332 e. The lowest BCUT2D eigenvalue weighted by molar-refractivity contribution is -0.386. The van der Waals surface area contributed by atoms with Crippen LogP contribution in [0.3, 0.4) is 0 Å². The van der Waals surface area contributed by atoms with Crippen LogP contribution in [0, 0.1) is 10.1 Å². The molecule has 92 valence electrons. The average Bonchev–Trinajstić information content (AvgIpc) is 2.34. The lowest BCUT2D eigenvalue weighted by atomic mass is 10.3. The first-order valence-electron chi connectivity index (χ1n) is 4.80. The smallest absolute Gasteiger partial charge is 0.332 e. The van der Waals surface area contributed by atoms with E-state index in [1.807, 2.05) is 0 Å². The van der Waals surface area contributed by atoms with Gasteiger partial charge in [-0.25, -0.2) is 4.98 Å². The highest BCUT2D eigenvalue weighted by atomic mass is 35.5. The molecule has 0 radical (unpaired) electrons. The first kappa shape index (κ1) is 12.6. The van der Waals surface area contributed by atoms with Gasteiger partial charge < -0.3 is 4.74 Å². The van der Waals surface area contributed by atoms with Crippen LogP contribution in [0.4, 0.5) is 5.69 Å². The van der Waals surface area contributed by atoms with E-state index in [-0.39, 0.29) is 22.3 Å². The second-order valence-electron chi connectivity index (χ2n) is 3.27. The summed E-state index contributed by atoms with van der Waals surface area (Å²) in [6.07, 6.45) is 1.26. The van der Waals surface area contributed by atoms with E-state index in [1.54, 1.807) is 24.3 Å². The molecule has 0 spiro atoms. The number of ether oxygens (including phenoxy) is 1. The second kappa shape index (κ2) is 5.20. The van der Waals surface area contributed by atoms with Gasteiger partial charge in [0.1, 0.15) is 5.75 Å². The number of nitro groups is 1. The topological polar surface area (TPSA) is 65.3 Å². The van der Waals surface area contributed by atoms with Crippen LogP contribution in [-0.4, -0.2) is 9.91 Å². The third-order valence-corrected chi connectivity index (χ3v) is 2.56. The van der Waals surface area contributed by atoms with E-state index in [4.69, 9.17) is 27.9 Å². The van der Waals surface area contributed by atoms with Gasteiger partial charge in [-0.2, -0.15) is 0 Å². The Kier molecular flexibility index (Phi) is 3.64. The summed E-state index contributed by atoms with van der Waals surface area (Å²) >= 11 is 11.5. The van der Waals surface area contributed by atoms with Crippen molar-refractivity contribution in [2.45, 2.75) is 0 Å². The predicted molar refractivity (Wildman–Crippen MR) is 67.4 cm³/mol. The molecule has 0 bridgehead atoms. The molecule has 1 heterocycles. The maximum absolute atomic E-state index is 10.8. The van der Waals surface area contributed by atoms with Crippen molar-refractivity contribution in [3.05, 3.63) is 56.7 Å². The molecule has 0 N–H and O–H groups in total. The first-order valence-corrected chi connectivity index (χ1v) is 5.56. The van der Waals surface area contributed by atoms with Crippen LogP contribution in [0.15, 0.2) is 36.5 Å². The van der Waals surface area contributed by atoms with Crippen LogP contribution in [-0.2, 0) is 0 Å². The highest BCUT2D eigenvalue weighted by Crippen LogP contribution is 2.34. The van der Waals surface area contributed by atoms with Gasteiger partial charge in [-0.1, -0.05) is 35.3 Å². The van der Waals surface area contributed by atoms with E-state index in [0.717, 1.165) is 0 Å². The van der Waals surface area contributed by atoms with E-state index in [9.17, 15) is 10.1 Å². The molecule has 1 aromatic heterocycles. The van der Waals surface area contributed by atoms with Crippen molar-refractivity contribution in [1.29, 1.82) is 0 Å². The van der Waals surface area contributed by atoms with Gasteiger partial charge in [-0.15, -0.1) is 0 Å². The van der Waals surface area contributed by atoms with Crippen LogP contribution in [0.1, 0.15) is 0 Å². The van der Waals surface area contributed by atoms with Crippen LogP contribution in [0.5, 0.6) is 11.6 Å². The van der Waals surface area contributed by atoms with Gasteiger partial charge in [0.05, 0.1) is 21.2 Å². The van der Waals surface area contributed by atoms with Gasteiger partial charge in [-0.3, -0.25) is 10.1 Å². The van der Waals surface area contributed by atoms with E-state index < -0.39 is 4.92 Å². The number of hydrogen-bond donors (Lipinski definition) is 0. The minimum Gasteiger partial charge on any atom is -0.432 e. The Hall–Kier alpha value is -1.85. The van der Waals surface area contributed by atoms with E-state index in [0.29, 0.717) is 5.02 Å². The molecule has 5 nitrogen and oxygen atoms in total. The molecule has 0 saturated carbocycles. The van der Waals surface area contributed by atoms with Crippen LogP contribution < -0.4 is 4.74 Å². The van der Waals surface area contributed by atoms with Crippen molar-refractivity contribution in [3.63, 3.8) is 0 Å². The molecule has 0 amide bonds. The Bertz CT molecular complexity index is 605. The fraction of sp³-hybridized carbons (Fsp3) is 0. The summed E-state index contributed by atoms with van der Waals surface area (Å²) in [7, 11) is 0. The zero-order valence-electron chi connectivity index (χ0n) is 8.84. The molecule has 0 aliphatic heterocycles. The van der Waals surface area contributed by atoms with Gasteiger partial charge in [0.2, 0.25) is 0 Å². The summed E-state index contributed by atoms with van der Waals surface area (Å²) < 4.78 is 5.31. The molecule has 18 heavy (non-hydrogen) atoms. The van der Waals surface area contributed by atoms with Gasteiger partial charge in [0, 0.05) is 6.07 Å². The molecule has 1 aromatic carbocycles. The zero-order chi connectivity index (χ0) is 13.1. The Labute approximate surface area is 112 Å². The zero-order valence-corrected chi connectivity index (χ0v) is 10.4. The Morgan fingerprint density at radius 2 is 2.00 bits per heavy atom. The van der Waals surface area contributed by atoms with Crippen LogP contribution in [0.2, 0.25) is 10.0 Å². The van der Waals surface area contributed by atoms with E-state index in [2.05, 4.69) is 4.98 Å². The minimum absolute atomic E-state index is 0.155. The van der Waals surface area contributed by atoms with Crippen molar-refractivity contribution in [3.8, 4) is 11.6 Å². The lowest BCUT2D eigenvalue weighted by Crippen LogP contribution is -1.96. The fourth-order valence-corrected chi connectivity index (χ4v) is 1.58. The quantitative estimate of drug-likeness (QED) is 0.629. The van der Waals surface area contributed by atoms with Gasteiger partial charge >= 0.3 is 5.69 Å². The number of halogens is 2. The molecule has 7 heteroatoms. The summed E-state index contributed by atoms with van der Waals surface area (Å²) in [6, 6.07) is 7.78. The third kappa shape index (κ3) is 2.69. The summed E-state index contributed by atoms with van der Waals surface area (Å²) in [5.74, 6) is 0.134. The molecule has 0 aliphatic carbocycles. The second-order valence-corrected chi connectivity index (χ2v) is 4.11. The Morgan fingerprint density at radius 3 is 2.67 bits per heavy atom. The SMILES string of the molecule is O=[N+]([O-])c1cc(Cl)cnc1Oc1ccccc1Cl. The number of aromatic nitrogens is 1. The monoisotopic (exact) mass is 284 g/mol. The number of nitrogens with zero attached hydrogens (tertiary/aromatic N) is 2. The highest BCUT2D eigenvalue weighted by Gasteiger charge is 2.19. The molecule has 0 aliphatic rings. The molecule has 0 unspecified atom stereocenters. The number of para-hydroxylation sites is 1. The molecular weight excluding hydrogens is 279 g/mol. The van der Waals surface area contributed by atoms with Crippen molar-refractivity contribution >= 4 is 28.9 Å². The van der Waals surface area contributed by atoms with Gasteiger partial charge in [-0.05, 0) is 12.1 Å². The molecular formula is C11H6Cl2N2O3. The van der Waals surface area contributed by atoms with Crippen molar-refractivity contribution in [1.82, 2.24) is 4.98 Å².